The summed E-state index contributed by atoms with van der Waals surface area (Å²) in [5.74, 6) is -1.38. The number of aliphatic carboxylic acids is 1. The molecular formula is C29H43N5O6. The molecule has 0 spiro atoms. The lowest BCUT2D eigenvalue weighted by Gasteiger charge is -2.34. The van der Waals surface area contributed by atoms with E-state index in [2.05, 4.69) is 13.0 Å². The van der Waals surface area contributed by atoms with E-state index < -0.39 is 17.9 Å². The largest absolute Gasteiger partial charge is 0.493 e. The monoisotopic (exact) mass is 557 g/mol. The molecule has 2 saturated heterocycles. The summed E-state index contributed by atoms with van der Waals surface area (Å²) in [6, 6.07) is 5.09. The molecule has 0 saturated carbocycles. The van der Waals surface area contributed by atoms with E-state index in [1.165, 1.54) is 7.05 Å². The number of nitrogens with two attached hydrogens (primary N) is 1. The van der Waals surface area contributed by atoms with Gasteiger partial charge in [-0.15, -0.1) is 0 Å². The van der Waals surface area contributed by atoms with Crippen LogP contribution in [0, 0.1) is 5.92 Å². The van der Waals surface area contributed by atoms with Crippen LogP contribution in [0.2, 0.25) is 0 Å². The molecule has 11 nitrogen and oxygen atoms in total. The van der Waals surface area contributed by atoms with Crippen molar-refractivity contribution in [3.8, 4) is 5.75 Å². The lowest BCUT2D eigenvalue weighted by Crippen LogP contribution is -2.52. The minimum absolute atomic E-state index is 0.0292. The predicted octanol–water partition coefficient (Wildman–Crippen LogP) is 1.74. The number of carboxylic acids is 1. The van der Waals surface area contributed by atoms with Crippen molar-refractivity contribution in [1.29, 1.82) is 0 Å². The van der Waals surface area contributed by atoms with Gasteiger partial charge in [-0.1, -0.05) is 25.5 Å². The van der Waals surface area contributed by atoms with Crippen LogP contribution in [0.4, 0.5) is 4.79 Å². The van der Waals surface area contributed by atoms with Crippen LogP contribution in [0.25, 0.3) is 0 Å². The van der Waals surface area contributed by atoms with Crippen LogP contribution in [-0.4, -0.2) is 114 Å². The smallest absolute Gasteiger partial charge is 0.326 e. The first-order valence-electron chi connectivity index (χ1n) is 14.5. The number of hydrogen-bond donors (Lipinski definition) is 2. The number of benzene rings is 1. The van der Waals surface area contributed by atoms with Crippen LogP contribution >= 0.6 is 0 Å². The Bertz CT molecular complexity index is 1090. The predicted molar refractivity (Wildman–Crippen MR) is 149 cm³/mol. The van der Waals surface area contributed by atoms with Gasteiger partial charge >= 0.3 is 12.0 Å². The third-order valence-electron chi connectivity index (χ3n) is 8.50. The number of rotatable bonds is 13. The Balaban J connectivity index is 1.58. The zero-order valence-electron chi connectivity index (χ0n) is 23.7. The molecule has 4 amide bonds. The summed E-state index contributed by atoms with van der Waals surface area (Å²) in [5, 5.41) is 10.5. The summed E-state index contributed by atoms with van der Waals surface area (Å²) in [4.78, 5) is 57.6. The van der Waals surface area contributed by atoms with E-state index in [0.717, 1.165) is 41.0 Å². The number of fused-ring (bicyclic) bond motifs is 1. The lowest BCUT2D eigenvalue weighted by atomic mass is 9.83. The number of ether oxygens (including phenoxy) is 1. The van der Waals surface area contributed by atoms with Crippen molar-refractivity contribution in [3.05, 3.63) is 29.3 Å². The first kappa shape index (κ1) is 29.8. The number of hydrogen-bond acceptors (Lipinski definition) is 7. The van der Waals surface area contributed by atoms with Gasteiger partial charge in [0.05, 0.1) is 19.1 Å². The van der Waals surface area contributed by atoms with E-state index in [4.69, 9.17) is 10.5 Å². The fourth-order valence-electron chi connectivity index (χ4n) is 6.20. The van der Waals surface area contributed by atoms with Crippen molar-refractivity contribution in [1.82, 2.24) is 19.6 Å². The Morgan fingerprint density at radius 3 is 2.67 bits per heavy atom. The molecule has 4 rings (SSSR count). The zero-order valence-corrected chi connectivity index (χ0v) is 23.7. The summed E-state index contributed by atoms with van der Waals surface area (Å²) in [6.45, 7) is 5.58. The van der Waals surface area contributed by atoms with Crippen molar-refractivity contribution < 1.29 is 29.0 Å². The number of nitrogens with zero attached hydrogens (tertiary/aromatic N) is 4. The number of likely N-dealkylation sites (tertiary alicyclic amines) is 1. The summed E-state index contributed by atoms with van der Waals surface area (Å²) >= 11 is 0. The summed E-state index contributed by atoms with van der Waals surface area (Å²) in [7, 11) is 1.47. The molecule has 3 heterocycles. The molecule has 3 N–H and O–H groups in total. The quantitative estimate of drug-likeness (QED) is 0.374. The average molecular weight is 558 g/mol. The van der Waals surface area contributed by atoms with Crippen molar-refractivity contribution >= 4 is 23.8 Å². The molecule has 1 aromatic carbocycles. The third kappa shape index (κ3) is 6.58. The highest BCUT2D eigenvalue weighted by Crippen LogP contribution is 2.41. The average Bonchev–Trinajstić information content (AvgIpc) is 3.55. The molecule has 0 aliphatic carbocycles. The molecule has 1 unspecified atom stereocenters. The Labute approximate surface area is 236 Å². The van der Waals surface area contributed by atoms with E-state index in [0.29, 0.717) is 58.7 Å². The second kappa shape index (κ2) is 13.5. The van der Waals surface area contributed by atoms with E-state index >= 15 is 0 Å². The van der Waals surface area contributed by atoms with Gasteiger partial charge in [0.2, 0.25) is 11.8 Å². The van der Waals surface area contributed by atoms with E-state index in [1.54, 1.807) is 4.90 Å². The highest BCUT2D eigenvalue weighted by molar-refractivity contribution is 5.96. The molecule has 40 heavy (non-hydrogen) atoms. The van der Waals surface area contributed by atoms with E-state index in [1.807, 2.05) is 21.9 Å². The van der Waals surface area contributed by atoms with Gasteiger partial charge in [0.15, 0.2) is 0 Å². The number of carbonyl (C=O) groups is 4. The minimum atomic E-state index is -0.912. The van der Waals surface area contributed by atoms with Crippen molar-refractivity contribution in [3.63, 3.8) is 0 Å². The highest BCUT2D eigenvalue weighted by atomic mass is 16.5. The molecule has 0 aromatic heterocycles. The minimum Gasteiger partial charge on any atom is -0.493 e. The Morgan fingerprint density at radius 2 is 1.95 bits per heavy atom. The highest BCUT2D eigenvalue weighted by Gasteiger charge is 2.47. The molecule has 0 bridgehead atoms. The van der Waals surface area contributed by atoms with Gasteiger partial charge in [0, 0.05) is 64.6 Å². The zero-order chi connectivity index (χ0) is 28.8. The standard InChI is InChI=1S/C29H43N5O6/c1-3-4-12-32(13-5-11-30)26(36)19-34-18-22(20-6-7-24-21(17-20)10-16-40-24)27(28(37)38)23(34)8-14-33-15-9-25(35)31(2)29(33)39/h6-7,17,22-23,27H,3-5,8-16,18-19,30H2,1-2H3,(H,37,38)/t22-,23+,27?/m1/s1. The Hall–Kier alpha value is -3.18. The number of unbranched alkanes of at least 4 members (excludes halogenated alkanes) is 1. The number of imide groups is 1. The van der Waals surface area contributed by atoms with Crippen LogP contribution < -0.4 is 10.5 Å². The Morgan fingerprint density at radius 1 is 1.18 bits per heavy atom. The molecule has 11 heteroatoms. The van der Waals surface area contributed by atoms with Crippen LogP contribution in [0.15, 0.2) is 18.2 Å². The number of carboxylic acid groups (broad SMARTS) is 1. The maximum Gasteiger partial charge on any atom is 0.326 e. The first-order chi connectivity index (χ1) is 19.2. The molecule has 3 atom stereocenters. The topological polar surface area (TPSA) is 137 Å². The van der Waals surface area contributed by atoms with Crippen LogP contribution in [0.5, 0.6) is 5.75 Å². The van der Waals surface area contributed by atoms with E-state index in [-0.39, 0.29) is 36.7 Å². The second-order valence-electron chi connectivity index (χ2n) is 11.1. The van der Waals surface area contributed by atoms with Gasteiger partial charge in [0.25, 0.3) is 0 Å². The van der Waals surface area contributed by atoms with Gasteiger partial charge < -0.3 is 25.4 Å². The molecule has 220 valence electrons. The number of urea groups is 1. The number of carbonyl (C=O) groups excluding carboxylic acids is 3. The van der Waals surface area contributed by atoms with Crippen LogP contribution in [0.1, 0.15) is 56.1 Å². The van der Waals surface area contributed by atoms with Gasteiger partial charge in [-0.05, 0) is 43.0 Å². The maximum atomic E-state index is 13.5. The van der Waals surface area contributed by atoms with Crippen molar-refractivity contribution in [2.45, 2.75) is 57.4 Å². The van der Waals surface area contributed by atoms with Gasteiger partial charge in [-0.2, -0.15) is 0 Å². The van der Waals surface area contributed by atoms with Gasteiger partial charge in [0.1, 0.15) is 5.75 Å². The lowest BCUT2D eigenvalue weighted by molar-refractivity contribution is -0.144. The molecule has 3 aliphatic heterocycles. The molecule has 3 aliphatic rings. The molecule has 2 fully saturated rings. The van der Waals surface area contributed by atoms with Gasteiger partial charge in [-0.25, -0.2) is 4.79 Å². The molecule has 1 aromatic rings. The molecular weight excluding hydrogens is 514 g/mol. The number of amides is 4. The van der Waals surface area contributed by atoms with Gasteiger partial charge in [-0.3, -0.25) is 24.2 Å². The Kier molecular flexibility index (Phi) is 10.0. The maximum absolute atomic E-state index is 13.5. The SMILES string of the molecule is CCCCN(CCCN)C(=O)CN1C[C@H](c2ccc3c(c2)CCO3)C(C(=O)O)[C@@H]1CCN1CCC(=O)N(C)C1=O. The summed E-state index contributed by atoms with van der Waals surface area (Å²) in [5.41, 5.74) is 7.73. The van der Waals surface area contributed by atoms with Crippen LogP contribution in [0.3, 0.4) is 0 Å². The second-order valence-corrected chi connectivity index (χ2v) is 11.1. The fourth-order valence-corrected chi connectivity index (χ4v) is 6.20. The van der Waals surface area contributed by atoms with Crippen LogP contribution in [-0.2, 0) is 20.8 Å². The summed E-state index contributed by atoms with van der Waals surface area (Å²) < 4.78 is 5.66. The van der Waals surface area contributed by atoms with E-state index in [9.17, 15) is 24.3 Å². The summed E-state index contributed by atoms with van der Waals surface area (Å²) in [6.07, 6.45) is 3.98. The van der Waals surface area contributed by atoms with Crippen molar-refractivity contribution in [2.75, 3.05) is 59.5 Å². The fraction of sp³-hybridized carbons (Fsp3) is 0.655. The van der Waals surface area contributed by atoms with Crippen molar-refractivity contribution in [2.24, 2.45) is 11.7 Å². The third-order valence-corrected chi connectivity index (χ3v) is 8.50. The normalized spacial score (nSPS) is 22.9. The molecule has 0 radical (unpaired) electrons. The first-order valence-corrected chi connectivity index (χ1v) is 14.5.